The van der Waals surface area contributed by atoms with E-state index in [1.54, 1.807) is 19.5 Å². The maximum atomic E-state index is 12.3. The Labute approximate surface area is 139 Å². The molecule has 3 heterocycles. The maximum absolute atomic E-state index is 12.3. The van der Waals surface area contributed by atoms with Crippen molar-refractivity contribution >= 4 is 22.5 Å². The van der Waals surface area contributed by atoms with Crippen LogP contribution in [-0.4, -0.2) is 41.1 Å². The van der Waals surface area contributed by atoms with Crippen molar-refractivity contribution < 1.29 is 9.53 Å². The average Bonchev–Trinajstić information content (AvgIpc) is 3.04. The topological polar surface area (TPSA) is 67.3 Å². The van der Waals surface area contributed by atoms with E-state index in [0.717, 1.165) is 32.4 Å². The highest BCUT2D eigenvalue weighted by Gasteiger charge is 2.23. The number of likely N-dealkylation sites (tertiary alicyclic amines) is 1. The molecule has 1 saturated heterocycles. The molecule has 1 fully saturated rings. The Morgan fingerprint density at radius 1 is 1.43 bits per heavy atom. The van der Waals surface area contributed by atoms with Crippen molar-refractivity contribution in [1.82, 2.24) is 14.9 Å². The summed E-state index contributed by atoms with van der Waals surface area (Å²) in [6.07, 6.45) is 8.40. The summed E-state index contributed by atoms with van der Waals surface area (Å²) in [6, 6.07) is 4.00. The zero-order valence-corrected chi connectivity index (χ0v) is 13.9. The Hall–Kier alpha value is -2.15. The highest BCUT2D eigenvalue weighted by atomic mass is 32.1. The first kappa shape index (κ1) is 15.7. The van der Waals surface area contributed by atoms with Crippen molar-refractivity contribution in [2.75, 3.05) is 25.5 Å². The fourth-order valence-corrected chi connectivity index (χ4v) is 3.40. The third-order valence-electron chi connectivity index (χ3n) is 4.05. The van der Waals surface area contributed by atoms with Gasteiger partial charge in [-0.15, -0.1) is 0 Å². The summed E-state index contributed by atoms with van der Waals surface area (Å²) in [7, 11) is 1.59. The lowest BCUT2D eigenvalue weighted by Crippen LogP contribution is -2.41. The normalized spacial score (nSPS) is 15.4. The standard InChI is InChI=1S/C16H20N4O2S/c1-22-14-11-18-15(23-14)19-16(21)20-7-4-12(5-8-20)9-13-3-2-6-17-10-13/h2-3,6,10-12H,4-5,7-9H2,1H3,(H,18,19,21). The molecular formula is C16H20N4O2S. The van der Waals surface area contributed by atoms with Crippen molar-refractivity contribution in [3.05, 3.63) is 36.3 Å². The fourth-order valence-electron chi connectivity index (χ4n) is 2.77. The number of carbonyl (C=O) groups is 1. The smallest absolute Gasteiger partial charge is 0.323 e. The van der Waals surface area contributed by atoms with E-state index in [4.69, 9.17) is 4.74 Å². The number of thiazole rings is 1. The number of nitrogens with one attached hydrogen (secondary N) is 1. The predicted octanol–water partition coefficient (Wildman–Crippen LogP) is 3.03. The van der Waals surface area contributed by atoms with Gasteiger partial charge in [-0.1, -0.05) is 17.4 Å². The third-order valence-corrected chi connectivity index (χ3v) is 4.92. The lowest BCUT2D eigenvalue weighted by atomic mass is 9.91. The molecule has 3 rings (SSSR count). The van der Waals surface area contributed by atoms with Crippen LogP contribution >= 0.6 is 11.3 Å². The Balaban J connectivity index is 1.47. The monoisotopic (exact) mass is 332 g/mol. The minimum absolute atomic E-state index is 0.0816. The van der Waals surface area contributed by atoms with E-state index in [1.165, 1.54) is 16.9 Å². The van der Waals surface area contributed by atoms with Crippen LogP contribution in [-0.2, 0) is 6.42 Å². The van der Waals surface area contributed by atoms with Gasteiger partial charge in [-0.2, -0.15) is 0 Å². The number of rotatable bonds is 4. The molecule has 0 unspecified atom stereocenters. The van der Waals surface area contributed by atoms with Crippen LogP contribution in [0.3, 0.4) is 0 Å². The zero-order valence-electron chi connectivity index (χ0n) is 13.1. The second-order valence-electron chi connectivity index (χ2n) is 5.61. The molecular weight excluding hydrogens is 312 g/mol. The summed E-state index contributed by atoms with van der Waals surface area (Å²) < 4.78 is 5.08. The van der Waals surface area contributed by atoms with Crippen LogP contribution in [0.5, 0.6) is 5.06 Å². The molecule has 0 atom stereocenters. The summed E-state index contributed by atoms with van der Waals surface area (Å²) in [6.45, 7) is 1.55. The van der Waals surface area contributed by atoms with Crippen LogP contribution in [0.4, 0.5) is 9.93 Å². The molecule has 6 nitrogen and oxygen atoms in total. The highest BCUT2D eigenvalue weighted by Crippen LogP contribution is 2.26. The van der Waals surface area contributed by atoms with Crippen molar-refractivity contribution in [2.45, 2.75) is 19.3 Å². The third kappa shape index (κ3) is 4.19. The molecule has 7 heteroatoms. The Kier molecular flexibility index (Phi) is 5.07. The first-order valence-electron chi connectivity index (χ1n) is 7.69. The Bertz CT molecular complexity index is 639. The van der Waals surface area contributed by atoms with Gasteiger partial charge >= 0.3 is 6.03 Å². The largest absolute Gasteiger partial charge is 0.486 e. The van der Waals surface area contributed by atoms with Crippen LogP contribution in [0.25, 0.3) is 0 Å². The molecule has 0 bridgehead atoms. The molecule has 1 N–H and O–H groups in total. The van der Waals surface area contributed by atoms with Crippen LogP contribution in [0.1, 0.15) is 18.4 Å². The number of ether oxygens (including phenoxy) is 1. The van der Waals surface area contributed by atoms with Crippen LogP contribution in [0, 0.1) is 5.92 Å². The number of methoxy groups -OCH3 is 1. The Morgan fingerprint density at radius 2 is 2.26 bits per heavy atom. The number of carbonyl (C=O) groups excluding carboxylic acids is 1. The minimum Gasteiger partial charge on any atom is -0.486 e. The summed E-state index contributed by atoms with van der Waals surface area (Å²) in [5.41, 5.74) is 1.27. The number of nitrogens with zero attached hydrogens (tertiary/aromatic N) is 3. The van der Waals surface area contributed by atoms with E-state index < -0.39 is 0 Å². The van der Waals surface area contributed by atoms with E-state index in [2.05, 4.69) is 21.4 Å². The van der Waals surface area contributed by atoms with Gasteiger partial charge in [0.15, 0.2) is 10.2 Å². The lowest BCUT2D eigenvalue weighted by molar-refractivity contribution is 0.182. The number of aromatic nitrogens is 2. The van der Waals surface area contributed by atoms with Crippen molar-refractivity contribution in [2.24, 2.45) is 5.92 Å². The van der Waals surface area contributed by atoms with Gasteiger partial charge in [-0.3, -0.25) is 10.3 Å². The van der Waals surface area contributed by atoms with Gasteiger partial charge < -0.3 is 9.64 Å². The van der Waals surface area contributed by atoms with Gasteiger partial charge in [-0.25, -0.2) is 9.78 Å². The second-order valence-corrected chi connectivity index (χ2v) is 6.61. The van der Waals surface area contributed by atoms with Gasteiger partial charge in [0.2, 0.25) is 0 Å². The molecule has 0 aromatic carbocycles. The minimum atomic E-state index is -0.0816. The summed E-state index contributed by atoms with van der Waals surface area (Å²) in [5, 5.41) is 4.10. The van der Waals surface area contributed by atoms with E-state index >= 15 is 0 Å². The van der Waals surface area contributed by atoms with Crippen molar-refractivity contribution in [3.63, 3.8) is 0 Å². The number of amides is 2. The second kappa shape index (κ2) is 7.41. The van der Waals surface area contributed by atoms with E-state index in [-0.39, 0.29) is 6.03 Å². The first-order valence-corrected chi connectivity index (χ1v) is 8.51. The van der Waals surface area contributed by atoms with E-state index in [1.807, 2.05) is 17.2 Å². The fraction of sp³-hybridized carbons (Fsp3) is 0.438. The number of piperidine rings is 1. The average molecular weight is 332 g/mol. The van der Waals surface area contributed by atoms with Gasteiger partial charge in [0.25, 0.3) is 0 Å². The maximum Gasteiger partial charge on any atom is 0.323 e. The molecule has 2 amide bonds. The predicted molar refractivity (Wildman–Crippen MR) is 89.9 cm³/mol. The SMILES string of the molecule is COc1cnc(NC(=O)N2CCC(Cc3cccnc3)CC2)s1. The molecule has 2 aromatic heterocycles. The molecule has 23 heavy (non-hydrogen) atoms. The van der Waals surface area contributed by atoms with Crippen LogP contribution in [0.2, 0.25) is 0 Å². The number of anilines is 1. The van der Waals surface area contributed by atoms with Gasteiger partial charge in [0.05, 0.1) is 13.3 Å². The molecule has 2 aromatic rings. The van der Waals surface area contributed by atoms with E-state index in [9.17, 15) is 4.79 Å². The van der Waals surface area contributed by atoms with Crippen LogP contribution < -0.4 is 10.1 Å². The number of hydrogen-bond acceptors (Lipinski definition) is 5. The molecule has 0 radical (unpaired) electrons. The summed E-state index contributed by atoms with van der Waals surface area (Å²) in [4.78, 5) is 22.4. The van der Waals surface area contributed by atoms with Crippen molar-refractivity contribution in [1.29, 1.82) is 0 Å². The quantitative estimate of drug-likeness (QED) is 0.934. The number of hydrogen-bond donors (Lipinski definition) is 1. The summed E-state index contributed by atoms with van der Waals surface area (Å²) in [5.74, 6) is 0.614. The van der Waals surface area contributed by atoms with Crippen molar-refractivity contribution in [3.8, 4) is 5.06 Å². The van der Waals surface area contributed by atoms with Gasteiger partial charge in [0.1, 0.15) is 0 Å². The summed E-state index contributed by atoms with van der Waals surface area (Å²) >= 11 is 1.33. The number of pyridine rings is 1. The lowest BCUT2D eigenvalue weighted by Gasteiger charge is -2.31. The molecule has 1 aliphatic heterocycles. The van der Waals surface area contributed by atoms with Crippen LogP contribution in [0.15, 0.2) is 30.7 Å². The number of urea groups is 1. The van der Waals surface area contributed by atoms with Gasteiger partial charge in [0, 0.05) is 25.5 Å². The zero-order chi connectivity index (χ0) is 16.1. The van der Waals surface area contributed by atoms with E-state index in [0.29, 0.717) is 16.1 Å². The molecule has 0 saturated carbocycles. The van der Waals surface area contributed by atoms with Gasteiger partial charge in [-0.05, 0) is 36.8 Å². The molecule has 0 aliphatic carbocycles. The molecule has 1 aliphatic rings. The highest BCUT2D eigenvalue weighted by molar-refractivity contribution is 7.17. The molecule has 0 spiro atoms. The molecule has 122 valence electrons. The first-order chi connectivity index (χ1) is 11.2. The Morgan fingerprint density at radius 3 is 2.91 bits per heavy atom.